The van der Waals surface area contributed by atoms with E-state index in [1.165, 1.54) is 94.6 Å². The molecule has 1 heterocycles. The topological polar surface area (TPSA) is 13.1 Å². The second kappa shape index (κ2) is 15.7. The van der Waals surface area contributed by atoms with Gasteiger partial charge in [-0.15, -0.1) is 0 Å². The predicted octanol–water partition coefficient (Wildman–Crippen LogP) is 17.4. The molecule has 0 saturated heterocycles. The first-order chi connectivity index (χ1) is 31.9. The first-order valence-corrected chi connectivity index (χ1v) is 22.7. The molecule has 1 aromatic heterocycles. The summed E-state index contributed by atoms with van der Waals surface area (Å²) in [4.78, 5) is 0. The Bertz CT molecular complexity index is 3380. The Morgan fingerprint density at radius 1 is 0.292 bits per heavy atom. The number of rotatable bonds is 8. The van der Waals surface area contributed by atoms with Crippen LogP contribution in [0.25, 0.3) is 88.7 Å². The monoisotopic (exact) mass is 830 g/mol. The SMILES string of the molecule is CC1(C)c2cc(-c3ccc4oc5ccccc5c4c3)ccc2-c2ccc(C(c3ccc(-c4ccc(-c5ccccc5)cc4)cc3)c3ccc(-c4ccc(-c5ccccc5)cc4)cc3)cc21. The first-order valence-electron chi connectivity index (χ1n) is 22.7. The lowest BCUT2D eigenvalue weighted by Gasteiger charge is -2.25. The fraction of sp³-hybridized carbons (Fsp3) is 0.0625. The minimum Gasteiger partial charge on any atom is -0.456 e. The van der Waals surface area contributed by atoms with Crippen molar-refractivity contribution in [1.82, 2.24) is 0 Å². The number of furan rings is 1. The molecule has 1 heteroatoms. The number of benzene rings is 10. The van der Waals surface area contributed by atoms with E-state index >= 15 is 0 Å². The molecule has 65 heavy (non-hydrogen) atoms. The van der Waals surface area contributed by atoms with Gasteiger partial charge in [-0.2, -0.15) is 0 Å². The van der Waals surface area contributed by atoms with E-state index in [9.17, 15) is 0 Å². The van der Waals surface area contributed by atoms with Gasteiger partial charge in [0.05, 0.1) is 0 Å². The van der Waals surface area contributed by atoms with E-state index in [1.54, 1.807) is 0 Å². The molecule has 0 bridgehead atoms. The van der Waals surface area contributed by atoms with Crippen LogP contribution in [-0.4, -0.2) is 0 Å². The molecule has 0 spiro atoms. The molecule has 10 aromatic carbocycles. The lowest BCUT2D eigenvalue weighted by molar-refractivity contribution is 0.659. The van der Waals surface area contributed by atoms with Crippen LogP contribution in [0.1, 0.15) is 47.6 Å². The molecule has 11 aromatic rings. The van der Waals surface area contributed by atoms with E-state index < -0.39 is 0 Å². The number of hydrogen-bond acceptors (Lipinski definition) is 1. The molecular formula is C64H46O. The molecule has 0 unspecified atom stereocenters. The highest BCUT2D eigenvalue weighted by Gasteiger charge is 2.36. The maximum Gasteiger partial charge on any atom is 0.135 e. The molecule has 1 aliphatic rings. The standard InChI is InChI=1S/C64H46O/c1-64(2)59-40-53(52-35-38-62-58(39-52)57-15-9-10-16-61(57)65-62)33-36-55(59)56-37-34-54(41-60(56)64)63(50-29-25-48(26-30-50)46-21-17-44(18-22-46)42-11-5-3-6-12-42)51-31-27-49(28-32-51)47-23-19-45(20-24-47)43-13-7-4-8-14-43/h3-41,63H,1-2H3. The third kappa shape index (κ3) is 6.89. The zero-order chi connectivity index (χ0) is 43.5. The molecule has 0 fully saturated rings. The lowest BCUT2D eigenvalue weighted by Crippen LogP contribution is -2.16. The summed E-state index contributed by atoms with van der Waals surface area (Å²) >= 11 is 0. The summed E-state index contributed by atoms with van der Waals surface area (Å²) in [7, 11) is 0. The van der Waals surface area contributed by atoms with Gasteiger partial charge >= 0.3 is 0 Å². The average Bonchev–Trinajstić information content (AvgIpc) is 3.85. The molecule has 0 amide bonds. The zero-order valence-electron chi connectivity index (χ0n) is 36.5. The van der Waals surface area contributed by atoms with Gasteiger partial charge in [0.2, 0.25) is 0 Å². The van der Waals surface area contributed by atoms with Gasteiger partial charge in [0.25, 0.3) is 0 Å². The smallest absolute Gasteiger partial charge is 0.135 e. The molecule has 0 atom stereocenters. The normalized spacial score (nSPS) is 12.7. The molecule has 0 radical (unpaired) electrons. The number of para-hydroxylation sites is 1. The van der Waals surface area contributed by atoms with Crippen LogP contribution in [0, 0.1) is 0 Å². The Labute approximate surface area is 380 Å². The summed E-state index contributed by atoms with van der Waals surface area (Å²) in [6.45, 7) is 4.78. The van der Waals surface area contributed by atoms with E-state index in [4.69, 9.17) is 4.42 Å². The first kappa shape index (κ1) is 38.7. The van der Waals surface area contributed by atoms with E-state index in [-0.39, 0.29) is 11.3 Å². The Morgan fingerprint density at radius 2 is 0.662 bits per heavy atom. The molecular weight excluding hydrogens is 785 g/mol. The molecule has 1 aliphatic carbocycles. The Kier molecular flexibility index (Phi) is 9.31. The number of hydrogen-bond donors (Lipinski definition) is 0. The molecule has 12 rings (SSSR count). The van der Waals surface area contributed by atoms with Gasteiger partial charge in [0, 0.05) is 22.1 Å². The number of fused-ring (bicyclic) bond motifs is 6. The summed E-state index contributed by atoms with van der Waals surface area (Å²) in [6, 6.07) is 86.7. The van der Waals surface area contributed by atoms with Crippen LogP contribution < -0.4 is 0 Å². The molecule has 0 N–H and O–H groups in total. The minimum atomic E-state index is -0.195. The molecule has 0 aliphatic heterocycles. The van der Waals surface area contributed by atoms with Crippen molar-refractivity contribution in [1.29, 1.82) is 0 Å². The van der Waals surface area contributed by atoms with Crippen LogP contribution in [0.4, 0.5) is 0 Å². The second-order valence-corrected chi connectivity index (χ2v) is 18.1. The van der Waals surface area contributed by atoms with Gasteiger partial charge in [0.15, 0.2) is 0 Å². The Balaban J connectivity index is 0.900. The largest absolute Gasteiger partial charge is 0.456 e. The fourth-order valence-electron chi connectivity index (χ4n) is 10.3. The van der Waals surface area contributed by atoms with Crippen LogP contribution in [-0.2, 0) is 5.41 Å². The predicted molar refractivity (Wildman–Crippen MR) is 272 cm³/mol. The van der Waals surface area contributed by atoms with Gasteiger partial charge in [-0.05, 0) is 119 Å². The quantitative estimate of drug-likeness (QED) is 0.139. The van der Waals surface area contributed by atoms with Crippen LogP contribution in [0.2, 0.25) is 0 Å². The summed E-state index contributed by atoms with van der Waals surface area (Å²) in [6.07, 6.45) is 0. The van der Waals surface area contributed by atoms with Gasteiger partial charge in [0.1, 0.15) is 11.2 Å². The Hall–Kier alpha value is -8.00. The van der Waals surface area contributed by atoms with Crippen molar-refractivity contribution in [3.63, 3.8) is 0 Å². The minimum absolute atomic E-state index is 0.0379. The second-order valence-electron chi connectivity index (χ2n) is 18.1. The van der Waals surface area contributed by atoms with Crippen molar-refractivity contribution in [3.05, 3.63) is 264 Å². The van der Waals surface area contributed by atoms with Crippen molar-refractivity contribution >= 4 is 21.9 Å². The average molecular weight is 831 g/mol. The van der Waals surface area contributed by atoms with Crippen LogP contribution in [0.5, 0.6) is 0 Å². The van der Waals surface area contributed by atoms with Gasteiger partial charge < -0.3 is 4.42 Å². The highest BCUT2D eigenvalue weighted by molar-refractivity contribution is 6.06. The fourth-order valence-corrected chi connectivity index (χ4v) is 10.3. The van der Waals surface area contributed by atoms with E-state index in [2.05, 4.69) is 238 Å². The van der Waals surface area contributed by atoms with Crippen molar-refractivity contribution in [2.24, 2.45) is 0 Å². The summed E-state index contributed by atoms with van der Waals surface area (Å²) in [5.41, 5.74) is 23.0. The van der Waals surface area contributed by atoms with E-state index in [0.29, 0.717) is 0 Å². The van der Waals surface area contributed by atoms with Crippen LogP contribution in [0.3, 0.4) is 0 Å². The Morgan fingerprint density at radius 3 is 1.20 bits per heavy atom. The van der Waals surface area contributed by atoms with E-state index in [1.807, 2.05) is 12.1 Å². The van der Waals surface area contributed by atoms with E-state index in [0.717, 1.165) is 21.9 Å². The molecule has 1 nitrogen and oxygen atoms in total. The van der Waals surface area contributed by atoms with Crippen molar-refractivity contribution in [2.45, 2.75) is 25.2 Å². The highest BCUT2D eigenvalue weighted by Crippen LogP contribution is 2.51. The maximum absolute atomic E-state index is 6.17. The lowest BCUT2D eigenvalue weighted by atomic mass is 9.78. The third-order valence-electron chi connectivity index (χ3n) is 13.9. The van der Waals surface area contributed by atoms with Crippen molar-refractivity contribution in [2.75, 3.05) is 0 Å². The van der Waals surface area contributed by atoms with Crippen molar-refractivity contribution in [3.8, 4) is 66.8 Å². The van der Waals surface area contributed by atoms with Crippen molar-refractivity contribution < 1.29 is 4.42 Å². The molecule has 308 valence electrons. The third-order valence-corrected chi connectivity index (χ3v) is 13.9. The van der Waals surface area contributed by atoms with Gasteiger partial charge in [-0.25, -0.2) is 0 Å². The van der Waals surface area contributed by atoms with Gasteiger partial charge in [-0.1, -0.05) is 226 Å². The van der Waals surface area contributed by atoms with Crippen LogP contribution in [0.15, 0.2) is 241 Å². The summed E-state index contributed by atoms with van der Waals surface area (Å²) < 4.78 is 6.17. The summed E-state index contributed by atoms with van der Waals surface area (Å²) in [5, 5.41) is 2.31. The van der Waals surface area contributed by atoms with Crippen LogP contribution >= 0.6 is 0 Å². The maximum atomic E-state index is 6.17. The summed E-state index contributed by atoms with van der Waals surface area (Å²) in [5.74, 6) is 0.0379. The molecule has 0 saturated carbocycles. The van der Waals surface area contributed by atoms with Gasteiger partial charge in [-0.3, -0.25) is 0 Å². The zero-order valence-corrected chi connectivity index (χ0v) is 36.5. The highest BCUT2D eigenvalue weighted by atomic mass is 16.3.